The molecule has 8 nitrogen and oxygen atoms in total. The van der Waals surface area contributed by atoms with Crippen molar-refractivity contribution >= 4 is 82.9 Å². The Labute approximate surface area is 287 Å². The first-order chi connectivity index (χ1) is 19.8. The van der Waals surface area contributed by atoms with Crippen molar-refractivity contribution in [1.29, 1.82) is 0 Å². The van der Waals surface area contributed by atoms with Crippen molar-refractivity contribution in [2.24, 2.45) is 0 Å². The molecule has 0 fully saturated rings. The lowest BCUT2D eigenvalue weighted by Gasteiger charge is -2.45. The van der Waals surface area contributed by atoms with Gasteiger partial charge in [-0.3, -0.25) is 0 Å². The third kappa shape index (κ3) is 20.0. The van der Waals surface area contributed by atoms with E-state index in [9.17, 15) is 0 Å². The van der Waals surface area contributed by atoms with Crippen LogP contribution >= 0.6 is 0 Å². The lowest BCUT2D eigenvalue weighted by atomic mass is 10.1. The van der Waals surface area contributed by atoms with E-state index >= 15 is 0 Å². The molecular formula is C28H66O8Si9. The van der Waals surface area contributed by atoms with Crippen molar-refractivity contribution in [1.82, 2.24) is 0 Å². The monoisotopic (exact) mass is 782 g/mol. The van der Waals surface area contributed by atoms with E-state index in [0.717, 1.165) is 11.1 Å². The zero-order chi connectivity index (χ0) is 35.3. The van der Waals surface area contributed by atoms with Gasteiger partial charge in [0.2, 0.25) is 0 Å². The van der Waals surface area contributed by atoms with Gasteiger partial charge in [0.05, 0.1) is 0 Å². The summed E-state index contributed by atoms with van der Waals surface area (Å²) in [5, 5.41) is 0. The molecule has 1 aromatic rings. The maximum Gasteiger partial charge on any atom is 0.638 e. The fourth-order valence-corrected chi connectivity index (χ4v) is 33.8. The van der Waals surface area contributed by atoms with Crippen LogP contribution in [-0.2, 0) is 32.9 Å². The molecule has 0 unspecified atom stereocenters. The van der Waals surface area contributed by atoms with Gasteiger partial charge >= 0.3 is 27.4 Å². The molecule has 0 radical (unpaired) electrons. The highest BCUT2D eigenvalue weighted by Gasteiger charge is 2.59. The number of rotatable bonds is 20. The molecule has 0 spiro atoms. The van der Waals surface area contributed by atoms with E-state index in [2.05, 4.69) is 137 Å². The van der Waals surface area contributed by atoms with E-state index in [-0.39, 0.29) is 0 Å². The van der Waals surface area contributed by atoms with Crippen LogP contribution in [-0.4, -0.2) is 77.3 Å². The summed E-state index contributed by atoms with van der Waals surface area (Å²) in [4.78, 5) is 0. The highest BCUT2D eigenvalue weighted by molar-refractivity contribution is 6.92. The predicted molar refractivity (Wildman–Crippen MR) is 212 cm³/mol. The van der Waals surface area contributed by atoms with Crippen LogP contribution in [0.25, 0.3) is 5.57 Å². The van der Waals surface area contributed by atoms with E-state index < -0.39 is 77.3 Å². The molecule has 0 bridgehead atoms. The zero-order valence-electron chi connectivity index (χ0n) is 31.9. The van der Waals surface area contributed by atoms with Gasteiger partial charge in [0.15, 0.2) is 49.9 Å². The van der Waals surface area contributed by atoms with E-state index in [1.807, 2.05) is 18.2 Å². The summed E-state index contributed by atoms with van der Waals surface area (Å²) in [6, 6.07) is 10.9. The number of allylic oxidation sites excluding steroid dienone is 1. The molecule has 45 heavy (non-hydrogen) atoms. The summed E-state index contributed by atoms with van der Waals surface area (Å²) in [5.74, 6) is 0. The molecule has 0 aliphatic rings. The van der Waals surface area contributed by atoms with Crippen LogP contribution in [0.2, 0.25) is 124 Å². The Balaban J connectivity index is 3.89. The van der Waals surface area contributed by atoms with Gasteiger partial charge in [-0.1, -0.05) is 36.9 Å². The smallest absolute Gasteiger partial charge is 0.396 e. The first kappa shape index (κ1) is 43.6. The molecule has 0 aliphatic heterocycles. The van der Waals surface area contributed by atoms with Crippen molar-refractivity contribution in [3.05, 3.63) is 42.5 Å². The topological polar surface area (TPSA) is 73.8 Å². The zero-order valence-corrected chi connectivity index (χ0v) is 41.0. The Morgan fingerprint density at radius 2 is 0.756 bits per heavy atom. The van der Waals surface area contributed by atoms with Crippen LogP contribution < -0.4 is 0 Å². The average molecular weight is 784 g/mol. The Morgan fingerprint density at radius 1 is 0.489 bits per heavy atom. The maximum atomic E-state index is 7.24. The molecule has 262 valence electrons. The van der Waals surface area contributed by atoms with Gasteiger partial charge < -0.3 is 32.9 Å². The standard InChI is InChI=1S/C28H66O8Si9/c1-27(28-23-21-20-22-24-28)25-26-37(29-44(31-38(2,3)4,32-39(5,6)7)33-40(8,9)10)30-45(34-41(11,12)13,35-42(14,15)16)36-43(17,18)19/h20-24,37H,1,25-26H2,2-19H3. The van der Waals surface area contributed by atoms with Gasteiger partial charge in [-0.2, -0.15) is 0 Å². The molecule has 0 aromatic heterocycles. The summed E-state index contributed by atoms with van der Waals surface area (Å²) in [5.41, 5.74) is 2.12. The Kier molecular flexibility index (Phi) is 15.6. The van der Waals surface area contributed by atoms with Crippen molar-refractivity contribution < 1.29 is 32.9 Å². The van der Waals surface area contributed by atoms with Crippen LogP contribution in [0.1, 0.15) is 12.0 Å². The average Bonchev–Trinajstić information content (AvgIpc) is 2.69. The van der Waals surface area contributed by atoms with E-state index in [4.69, 9.17) is 32.9 Å². The van der Waals surface area contributed by atoms with Crippen LogP contribution in [0.3, 0.4) is 0 Å². The molecule has 17 heteroatoms. The van der Waals surface area contributed by atoms with Crippen LogP contribution in [0.5, 0.6) is 0 Å². The summed E-state index contributed by atoms with van der Waals surface area (Å²) in [6.07, 6.45) is 0.676. The molecule has 0 heterocycles. The van der Waals surface area contributed by atoms with Gasteiger partial charge in [-0.25, -0.2) is 0 Å². The molecule has 1 aromatic carbocycles. The quantitative estimate of drug-likeness (QED) is 0.121. The third-order valence-corrected chi connectivity index (χ3v) is 30.9. The van der Waals surface area contributed by atoms with Crippen LogP contribution in [0, 0.1) is 0 Å². The Bertz CT molecular complexity index is 928. The van der Waals surface area contributed by atoms with Crippen molar-refractivity contribution in [3.63, 3.8) is 0 Å². The lowest BCUT2D eigenvalue weighted by molar-refractivity contribution is 0.110. The molecule has 0 saturated heterocycles. The fraction of sp³-hybridized carbons (Fsp3) is 0.714. The van der Waals surface area contributed by atoms with Gasteiger partial charge in [-0.15, -0.1) is 0 Å². The SMILES string of the molecule is C=C(CC[SiH](O[Si](O[Si](C)(C)C)(O[Si](C)(C)C)O[Si](C)(C)C)O[Si](O[Si](C)(C)C)(O[Si](C)(C)C)O[Si](C)(C)C)c1ccccc1. The van der Waals surface area contributed by atoms with Gasteiger partial charge in [0.1, 0.15) is 0 Å². The summed E-state index contributed by atoms with van der Waals surface area (Å²) >= 11 is 0. The highest BCUT2D eigenvalue weighted by Crippen LogP contribution is 2.33. The maximum absolute atomic E-state index is 7.24. The summed E-state index contributed by atoms with van der Waals surface area (Å²) in [6.45, 7) is 43.3. The fourth-order valence-electron chi connectivity index (χ4n) is 4.09. The summed E-state index contributed by atoms with van der Waals surface area (Å²) < 4.78 is 56.2. The van der Waals surface area contributed by atoms with Crippen LogP contribution in [0.15, 0.2) is 36.9 Å². The molecule has 0 amide bonds. The van der Waals surface area contributed by atoms with Crippen molar-refractivity contribution in [2.45, 2.75) is 130 Å². The van der Waals surface area contributed by atoms with E-state index in [0.29, 0.717) is 12.5 Å². The molecule has 0 aliphatic carbocycles. The minimum atomic E-state index is -3.71. The molecule has 0 saturated carbocycles. The Hall–Kier alpha value is 0.592. The van der Waals surface area contributed by atoms with Crippen molar-refractivity contribution in [2.75, 3.05) is 0 Å². The second kappa shape index (κ2) is 16.1. The second-order valence-corrected chi connectivity index (χ2v) is 53.0. The molecular weight excluding hydrogens is 717 g/mol. The number of benzene rings is 1. The van der Waals surface area contributed by atoms with Gasteiger partial charge in [-0.05, 0) is 141 Å². The molecule has 1 rings (SSSR count). The van der Waals surface area contributed by atoms with Crippen molar-refractivity contribution in [3.8, 4) is 0 Å². The lowest BCUT2D eigenvalue weighted by Crippen LogP contribution is -2.68. The normalized spacial score (nSPS) is 14.7. The second-order valence-electron chi connectivity index (χ2n) is 17.5. The third-order valence-electron chi connectivity index (χ3n) is 5.00. The predicted octanol–water partition coefficient (Wildman–Crippen LogP) is 9.32. The summed E-state index contributed by atoms with van der Waals surface area (Å²) in [7, 11) is -23.4. The highest BCUT2D eigenvalue weighted by atomic mass is 28.6. The van der Waals surface area contributed by atoms with Gasteiger partial charge in [0.25, 0.3) is 0 Å². The van der Waals surface area contributed by atoms with Crippen LogP contribution in [0.4, 0.5) is 0 Å². The first-order valence-electron chi connectivity index (χ1n) is 16.1. The molecule has 0 atom stereocenters. The number of hydrogen-bond donors (Lipinski definition) is 0. The largest absolute Gasteiger partial charge is 0.638 e. The minimum absolute atomic E-state index is 0.607. The van der Waals surface area contributed by atoms with E-state index in [1.165, 1.54) is 0 Å². The number of hydrogen-bond acceptors (Lipinski definition) is 8. The molecule has 0 N–H and O–H groups in total. The van der Waals surface area contributed by atoms with E-state index in [1.54, 1.807) is 0 Å². The minimum Gasteiger partial charge on any atom is -0.396 e. The van der Waals surface area contributed by atoms with Gasteiger partial charge in [0, 0.05) is 0 Å². The Morgan fingerprint density at radius 3 is 1.00 bits per heavy atom. The first-order valence-corrected chi connectivity index (χ1v) is 41.6.